The fourth-order valence-corrected chi connectivity index (χ4v) is 4.09. The quantitative estimate of drug-likeness (QED) is 0.442. The Balaban J connectivity index is 1.81. The number of imidazole rings is 1. The number of benzene rings is 1. The Morgan fingerprint density at radius 2 is 1.94 bits per heavy atom. The highest BCUT2D eigenvalue weighted by atomic mass is 35.5. The van der Waals surface area contributed by atoms with E-state index in [0.717, 1.165) is 5.69 Å². The van der Waals surface area contributed by atoms with E-state index in [2.05, 4.69) is 25.6 Å². The molecule has 0 aliphatic heterocycles. The number of nitrogens with zero attached hydrogens (tertiary/aromatic N) is 6. The lowest BCUT2D eigenvalue weighted by Gasteiger charge is -2.27. The van der Waals surface area contributed by atoms with Gasteiger partial charge in [0, 0.05) is 24.2 Å². The molecule has 0 amide bonds. The Kier molecular flexibility index (Phi) is 4.72. The van der Waals surface area contributed by atoms with Gasteiger partial charge in [-0.15, -0.1) is 5.10 Å². The minimum Gasteiger partial charge on any atom is -0.373 e. The first-order valence-electron chi connectivity index (χ1n) is 9.77. The maximum absolute atomic E-state index is 12.2. The number of tetrazole rings is 1. The average Bonchev–Trinajstić information content (AvgIpc) is 3.47. The number of aromatic nitrogens is 7. The molecule has 0 aliphatic carbocycles. The Morgan fingerprint density at radius 1 is 1.13 bits per heavy atom. The summed E-state index contributed by atoms with van der Waals surface area (Å²) in [6.45, 7) is 2.01. The molecule has 5 rings (SSSR count). The van der Waals surface area contributed by atoms with Crippen LogP contribution in [0.25, 0.3) is 17.0 Å². The van der Waals surface area contributed by atoms with Crippen molar-refractivity contribution in [2.24, 2.45) is 0 Å². The maximum Gasteiger partial charge on any atom is 0.182 e. The first-order valence-corrected chi connectivity index (χ1v) is 10.1. The number of hydrogen-bond acceptors (Lipinski definition) is 6. The number of hydrogen-bond donors (Lipinski definition) is 2. The first kappa shape index (κ1) is 19.3. The topological polar surface area (TPSA) is 105 Å². The Bertz CT molecular complexity index is 1300. The van der Waals surface area contributed by atoms with E-state index in [1.54, 1.807) is 18.3 Å². The monoisotopic (exact) mass is 431 g/mol. The number of halogens is 1. The first-order chi connectivity index (χ1) is 15.1. The van der Waals surface area contributed by atoms with Gasteiger partial charge in [0.2, 0.25) is 0 Å². The van der Waals surface area contributed by atoms with Crippen LogP contribution in [0.2, 0.25) is 5.02 Å². The van der Waals surface area contributed by atoms with Gasteiger partial charge in [-0.2, -0.15) is 0 Å². The van der Waals surface area contributed by atoms with E-state index in [1.807, 2.05) is 60.0 Å². The standard InChI is InChI=1S/C22H18ClN7O/c1-2-17-20(22(31,14-8-4-3-5-9-14)18-10-6-7-11-24-18)25-19-12-16(23)15(13-30(17)19)21-26-28-29-27-21/h3-13,31H,2H2,1H3,(H,26,27,28,29). The molecule has 0 radical (unpaired) electrons. The minimum atomic E-state index is -1.54. The number of aromatic amines is 1. The molecule has 5 aromatic rings. The molecule has 0 saturated carbocycles. The molecular weight excluding hydrogens is 414 g/mol. The van der Waals surface area contributed by atoms with Crippen LogP contribution in [0.1, 0.15) is 29.6 Å². The summed E-state index contributed by atoms with van der Waals surface area (Å²) in [5, 5.41) is 26.6. The highest BCUT2D eigenvalue weighted by Crippen LogP contribution is 2.38. The Morgan fingerprint density at radius 3 is 2.61 bits per heavy atom. The summed E-state index contributed by atoms with van der Waals surface area (Å²) in [7, 11) is 0. The van der Waals surface area contributed by atoms with Gasteiger partial charge in [-0.3, -0.25) is 4.98 Å². The molecule has 1 aromatic carbocycles. The average molecular weight is 432 g/mol. The zero-order valence-corrected chi connectivity index (χ0v) is 17.3. The summed E-state index contributed by atoms with van der Waals surface area (Å²) in [4.78, 5) is 9.29. The largest absolute Gasteiger partial charge is 0.373 e. The summed E-state index contributed by atoms with van der Waals surface area (Å²) in [6, 6.07) is 16.6. The molecule has 2 N–H and O–H groups in total. The molecule has 31 heavy (non-hydrogen) atoms. The number of aryl methyl sites for hydroxylation is 1. The number of nitrogens with one attached hydrogen (secondary N) is 1. The van der Waals surface area contributed by atoms with E-state index < -0.39 is 5.60 Å². The van der Waals surface area contributed by atoms with Crippen molar-refractivity contribution in [1.29, 1.82) is 0 Å². The van der Waals surface area contributed by atoms with Gasteiger partial charge < -0.3 is 9.51 Å². The molecule has 0 bridgehead atoms. The smallest absolute Gasteiger partial charge is 0.182 e. The lowest BCUT2D eigenvalue weighted by molar-refractivity contribution is 0.115. The molecule has 8 nitrogen and oxygen atoms in total. The highest BCUT2D eigenvalue weighted by molar-refractivity contribution is 6.33. The van der Waals surface area contributed by atoms with Crippen LogP contribution in [0, 0.1) is 0 Å². The SMILES string of the molecule is CCc1c(C(O)(c2ccccc2)c2ccccn2)nc2cc(Cl)c(-c3nnn[nH]3)cn12. The molecule has 4 heterocycles. The van der Waals surface area contributed by atoms with E-state index >= 15 is 0 Å². The third-order valence-electron chi connectivity index (χ3n) is 5.31. The highest BCUT2D eigenvalue weighted by Gasteiger charge is 2.40. The molecule has 0 saturated heterocycles. The van der Waals surface area contributed by atoms with Crippen molar-refractivity contribution in [2.45, 2.75) is 18.9 Å². The summed E-state index contributed by atoms with van der Waals surface area (Å²) in [6.07, 6.45) is 4.11. The maximum atomic E-state index is 12.2. The van der Waals surface area contributed by atoms with Gasteiger partial charge in [0.15, 0.2) is 11.4 Å². The Labute approximate surface area is 182 Å². The zero-order chi connectivity index (χ0) is 21.4. The van der Waals surface area contributed by atoms with Gasteiger partial charge in [0.1, 0.15) is 11.3 Å². The van der Waals surface area contributed by atoms with Gasteiger partial charge >= 0.3 is 0 Å². The van der Waals surface area contributed by atoms with Gasteiger partial charge in [-0.05, 0) is 34.5 Å². The van der Waals surface area contributed by atoms with Gasteiger partial charge in [-0.25, -0.2) is 10.1 Å². The molecular formula is C22H18ClN7O. The summed E-state index contributed by atoms with van der Waals surface area (Å²) >= 11 is 6.50. The second kappa shape index (κ2) is 7.57. The number of rotatable bonds is 5. The summed E-state index contributed by atoms with van der Waals surface area (Å²) in [5.41, 5.74) is 2.21. The fraction of sp³-hybridized carbons (Fsp3) is 0.136. The molecule has 1 unspecified atom stereocenters. The van der Waals surface area contributed by atoms with Crippen molar-refractivity contribution in [3.63, 3.8) is 0 Å². The van der Waals surface area contributed by atoms with Crippen molar-refractivity contribution >= 4 is 17.2 Å². The Hall–Kier alpha value is -3.62. The number of H-pyrrole nitrogens is 1. The number of fused-ring (bicyclic) bond motifs is 1. The summed E-state index contributed by atoms with van der Waals surface area (Å²) < 4.78 is 1.91. The van der Waals surface area contributed by atoms with Crippen molar-refractivity contribution in [3.05, 3.63) is 94.7 Å². The lowest BCUT2D eigenvalue weighted by Crippen LogP contribution is -2.31. The molecule has 9 heteroatoms. The van der Waals surface area contributed by atoms with Gasteiger partial charge in [-0.1, -0.05) is 54.9 Å². The molecule has 1 atom stereocenters. The van der Waals surface area contributed by atoms with Gasteiger partial charge in [0.05, 0.1) is 16.3 Å². The predicted octanol–water partition coefficient (Wildman–Crippen LogP) is 3.41. The zero-order valence-electron chi connectivity index (χ0n) is 16.6. The van der Waals surface area contributed by atoms with E-state index in [4.69, 9.17) is 16.6 Å². The third-order valence-corrected chi connectivity index (χ3v) is 5.63. The van der Waals surface area contributed by atoms with Crippen molar-refractivity contribution in [3.8, 4) is 11.4 Å². The normalized spacial score (nSPS) is 13.4. The van der Waals surface area contributed by atoms with Crippen molar-refractivity contribution in [1.82, 2.24) is 35.0 Å². The molecule has 0 fully saturated rings. The second-order valence-corrected chi connectivity index (χ2v) is 7.47. The van der Waals surface area contributed by atoms with Crippen LogP contribution in [-0.4, -0.2) is 40.1 Å². The number of aliphatic hydroxyl groups is 1. The van der Waals surface area contributed by atoms with Gasteiger partial charge in [0.25, 0.3) is 0 Å². The lowest BCUT2D eigenvalue weighted by atomic mass is 9.85. The molecule has 0 spiro atoms. The van der Waals surface area contributed by atoms with Crippen LogP contribution >= 0.6 is 11.6 Å². The fourth-order valence-electron chi connectivity index (χ4n) is 3.85. The van der Waals surface area contributed by atoms with Crippen LogP contribution in [0.4, 0.5) is 0 Å². The molecule has 154 valence electrons. The molecule has 0 aliphatic rings. The van der Waals surface area contributed by atoms with Crippen LogP contribution in [0.5, 0.6) is 0 Å². The predicted molar refractivity (Wildman–Crippen MR) is 116 cm³/mol. The van der Waals surface area contributed by atoms with Crippen LogP contribution in [-0.2, 0) is 12.0 Å². The van der Waals surface area contributed by atoms with Crippen LogP contribution < -0.4 is 0 Å². The van der Waals surface area contributed by atoms with Crippen molar-refractivity contribution in [2.75, 3.05) is 0 Å². The third kappa shape index (κ3) is 3.08. The second-order valence-electron chi connectivity index (χ2n) is 7.07. The van der Waals surface area contributed by atoms with Crippen LogP contribution in [0.3, 0.4) is 0 Å². The minimum absolute atomic E-state index is 0.450. The summed E-state index contributed by atoms with van der Waals surface area (Å²) in [5.74, 6) is 0.451. The van der Waals surface area contributed by atoms with E-state index in [-0.39, 0.29) is 0 Å². The van der Waals surface area contributed by atoms with E-state index in [0.29, 0.717) is 45.4 Å². The van der Waals surface area contributed by atoms with E-state index in [1.165, 1.54) is 0 Å². The van der Waals surface area contributed by atoms with Crippen molar-refractivity contribution < 1.29 is 5.11 Å². The van der Waals surface area contributed by atoms with E-state index in [9.17, 15) is 5.11 Å². The van der Waals surface area contributed by atoms with Crippen LogP contribution in [0.15, 0.2) is 67.0 Å². The number of pyridine rings is 2. The molecule has 4 aromatic heterocycles.